The summed E-state index contributed by atoms with van der Waals surface area (Å²) in [6.07, 6.45) is 0.254. The molecule has 0 fully saturated rings. The molecule has 2 rings (SSSR count). The van der Waals surface area contributed by atoms with Crippen LogP contribution in [0.2, 0.25) is 0 Å². The molecule has 1 atom stereocenters. The third-order valence-corrected chi connectivity index (χ3v) is 4.32. The number of nitrogens with zero attached hydrogens (tertiary/aromatic N) is 1. The summed E-state index contributed by atoms with van der Waals surface area (Å²) in [6, 6.07) is 13.4. The van der Waals surface area contributed by atoms with Crippen LogP contribution >= 0.6 is 0 Å². The minimum absolute atomic E-state index is 0.207. The lowest BCUT2D eigenvalue weighted by atomic mass is 10.1. The predicted molar refractivity (Wildman–Crippen MR) is 103 cm³/mol. The Balaban J connectivity index is 1.88. The van der Waals surface area contributed by atoms with Crippen molar-refractivity contribution in [2.45, 2.75) is 39.5 Å². The molecular weight excluding hydrogens is 348 g/mol. The zero-order valence-electron chi connectivity index (χ0n) is 16.1. The number of hydrogen-bond acceptors (Lipinski definition) is 3. The second-order valence-corrected chi connectivity index (χ2v) is 7.31. The van der Waals surface area contributed by atoms with Gasteiger partial charge in [-0.2, -0.15) is 0 Å². The fourth-order valence-corrected chi connectivity index (χ4v) is 2.80. The molecule has 0 heterocycles. The van der Waals surface area contributed by atoms with Gasteiger partial charge in [0.05, 0.1) is 19.3 Å². The average Bonchev–Trinajstić information content (AvgIpc) is 2.62. The quantitative estimate of drug-likeness (QED) is 0.630. The highest BCUT2D eigenvalue weighted by molar-refractivity contribution is 5.18. The van der Waals surface area contributed by atoms with Gasteiger partial charge in [0.2, 0.25) is 0 Å². The lowest BCUT2D eigenvalue weighted by molar-refractivity contribution is 0.00773. The van der Waals surface area contributed by atoms with E-state index in [-0.39, 0.29) is 6.61 Å². The van der Waals surface area contributed by atoms with Crippen molar-refractivity contribution in [1.29, 1.82) is 0 Å². The molecule has 3 nitrogen and oxygen atoms in total. The summed E-state index contributed by atoms with van der Waals surface area (Å²) >= 11 is 0. The fraction of sp³-hybridized carbons (Fsp3) is 0.455. The average molecular weight is 377 g/mol. The van der Waals surface area contributed by atoms with E-state index in [9.17, 15) is 13.9 Å². The summed E-state index contributed by atoms with van der Waals surface area (Å²) < 4.78 is 32.7. The molecule has 0 aromatic heterocycles. The van der Waals surface area contributed by atoms with Gasteiger partial charge in [0.25, 0.3) is 0 Å². The first-order valence-corrected chi connectivity index (χ1v) is 9.40. The van der Waals surface area contributed by atoms with Crippen LogP contribution in [0.1, 0.15) is 31.4 Å². The number of ether oxygens (including phenoxy) is 1. The van der Waals surface area contributed by atoms with Gasteiger partial charge in [0, 0.05) is 24.7 Å². The van der Waals surface area contributed by atoms with E-state index in [0.717, 1.165) is 24.6 Å². The topological polar surface area (TPSA) is 32.7 Å². The zero-order chi connectivity index (χ0) is 19.6. The standard InChI is InChI=1S/C22H29F2NO2/c1-17(2)10-11-25(13-19-8-9-20(23)12-22(19)24)14-21(26)16-27-15-18-6-4-3-5-7-18/h3-9,12,17,21,26H,10-11,13-16H2,1-2H3/t21-/m0/s1. The van der Waals surface area contributed by atoms with E-state index in [1.54, 1.807) is 0 Å². The van der Waals surface area contributed by atoms with Gasteiger partial charge in [-0.3, -0.25) is 4.90 Å². The number of halogens is 2. The summed E-state index contributed by atoms with van der Waals surface area (Å²) in [5, 5.41) is 10.3. The molecule has 2 aromatic carbocycles. The number of benzene rings is 2. The third-order valence-electron chi connectivity index (χ3n) is 4.32. The highest BCUT2D eigenvalue weighted by atomic mass is 19.1. The summed E-state index contributed by atoms with van der Waals surface area (Å²) in [4.78, 5) is 1.99. The van der Waals surface area contributed by atoms with Gasteiger partial charge in [0.15, 0.2) is 0 Å². The Morgan fingerprint density at radius 2 is 1.81 bits per heavy atom. The second-order valence-electron chi connectivity index (χ2n) is 7.31. The maximum Gasteiger partial charge on any atom is 0.130 e. The molecule has 1 N–H and O–H groups in total. The highest BCUT2D eigenvalue weighted by Crippen LogP contribution is 2.14. The Kier molecular flexibility index (Phi) is 8.85. The van der Waals surface area contributed by atoms with Crippen molar-refractivity contribution >= 4 is 0 Å². The summed E-state index contributed by atoms with van der Waals surface area (Å²) in [6.45, 7) is 6.32. The Morgan fingerprint density at radius 1 is 1.07 bits per heavy atom. The molecule has 0 unspecified atom stereocenters. The monoisotopic (exact) mass is 377 g/mol. The molecule has 0 amide bonds. The van der Waals surface area contributed by atoms with Gasteiger partial charge in [-0.05, 0) is 30.5 Å². The largest absolute Gasteiger partial charge is 0.389 e. The van der Waals surface area contributed by atoms with Crippen molar-refractivity contribution in [3.8, 4) is 0 Å². The van der Waals surface area contributed by atoms with Crippen LogP contribution in [0.25, 0.3) is 0 Å². The van der Waals surface area contributed by atoms with Crippen molar-refractivity contribution in [2.75, 3.05) is 19.7 Å². The van der Waals surface area contributed by atoms with Crippen molar-refractivity contribution < 1.29 is 18.6 Å². The molecule has 0 aliphatic heterocycles. The SMILES string of the molecule is CC(C)CCN(Cc1ccc(F)cc1F)C[C@H](O)COCc1ccccc1. The number of aliphatic hydroxyl groups is 1. The maximum atomic E-state index is 14.0. The van der Waals surface area contributed by atoms with Crippen molar-refractivity contribution in [2.24, 2.45) is 5.92 Å². The number of rotatable bonds is 11. The van der Waals surface area contributed by atoms with E-state index in [1.165, 1.54) is 12.1 Å². The molecule has 148 valence electrons. The van der Waals surface area contributed by atoms with Gasteiger partial charge >= 0.3 is 0 Å². The van der Waals surface area contributed by atoms with Crippen LogP contribution in [-0.4, -0.2) is 35.8 Å². The Hall–Kier alpha value is -1.82. The van der Waals surface area contributed by atoms with E-state index < -0.39 is 17.7 Å². The van der Waals surface area contributed by atoms with Crippen molar-refractivity contribution in [3.63, 3.8) is 0 Å². The molecule has 0 aliphatic carbocycles. The molecule has 27 heavy (non-hydrogen) atoms. The van der Waals surface area contributed by atoms with Gasteiger partial charge in [0.1, 0.15) is 11.6 Å². The minimum atomic E-state index is -0.676. The fourth-order valence-electron chi connectivity index (χ4n) is 2.80. The van der Waals surface area contributed by atoms with Gasteiger partial charge in [-0.25, -0.2) is 8.78 Å². The molecule has 0 bridgehead atoms. The van der Waals surface area contributed by atoms with Crippen LogP contribution in [0.15, 0.2) is 48.5 Å². The molecule has 0 aliphatic rings. The first kappa shape index (κ1) is 21.5. The minimum Gasteiger partial charge on any atom is -0.389 e. The lowest BCUT2D eigenvalue weighted by Crippen LogP contribution is -2.36. The summed E-state index contributed by atoms with van der Waals surface area (Å²) in [7, 11) is 0. The van der Waals surface area contributed by atoms with Crippen LogP contribution < -0.4 is 0 Å². The second kappa shape index (κ2) is 11.1. The first-order valence-electron chi connectivity index (χ1n) is 9.40. The molecule has 0 saturated heterocycles. The van der Waals surface area contributed by atoms with E-state index in [2.05, 4.69) is 13.8 Å². The molecule has 2 aromatic rings. The lowest BCUT2D eigenvalue weighted by Gasteiger charge is -2.26. The zero-order valence-corrected chi connectivity index (χ0v) is 16.1. The molecule has 0 spiro atoms. The van der Waals surface area contributed by atoms with E-state index >= 15 is 0 Å². The van der Waals surface area contributed by atoms with Crippen LogP contribution in [0.4, 0.5) is 8.78 Å². The normalized spacial score (nSPS) is 12.7. The summed E-state index contributed by atoms with van der Waals surface area (Å²) in [5.74, 6) is -0.643. The van der Waals surface area contributed by atoms with Crippen LogP contribution in [-0.2, 0) is 17.9 Å². The van der Waals surface area contributed by atoms with Gasteiger partial charge in [-0.1, -0.05) is 50.2 Å². The number of hydrogen-bond donors (Lipinski definition) is 1. The Morgan fingerprint density at radius 3 is 2.48 bits per heavy atom. The van der Waals surface area contributed by atoms with Crippen molar-refractivity contribution in [3.05, 3.63) is 71.3 Å². The molecule has 5 heteroatoms. The Bertz CT molecular complexity index is 679. The van der Waals surface area contributed by atoms with Crippen LogP contribution in [0.3, 0.4) is 0 Å². The van der Waals surface area contributed by atoms with Crippen LogP contribution in [0.5, 0.6) is 0 Å². The molecular formula is C22H29F2NO2. The van der Waals surface area contributed by atoms with E-state index in [4.69, 9.17) is 4.74 Å². The first-order chi connectivity index (χ1) is 12.9. The van der Waals surface area contributed by atoms with Crippen LogP contribution in [0, 0.1) is 17.6 Å². The van der Waals surface area contributed by atoms with E-state index in [1.807, 2.05) is 35.2 Å². The third kappa shape index (κ3) is 8.16. The molecule has 0 saturated carbocycles. The van der Waals surface area contributed by atoms with Gasteiger partial charge in [-0.15, -0.1) is 0 Å². The maximum absolute atomic E-state index is 14.0. The van der Waals surface area contributed by atoms with Crippen molar-refractivity contribution in [1.82, 2.24) is 4.90 Å². The van der Waals surface area contributed by atoms with E-state index in [0.29, 0.717) is 31.2 Å². The van der Waals surface area contributed by atoms with Gasteiger partial charge < -0.3 is 9.84 Å². The highest BCUT2D eigenvalue weighted by Gasteiger charge is 2.15. The number of aliphatic hydroxyl groups excluding tert-OH is 1. The Labute approximate surface area is 160 Å². The smallest absolute Gasteiger partial charge is 0.130 e. The summed E-state index contributed by atoms with van der Waals surface area (Å²) in [5.41, 5.74) is 1.48. The predicted octanol–water partition coefficient (Wildman–Crippen LogP) is 4.39. The molecule has 0 radical (unpaired) electrons.